The number of nitrogens with zero attached hydrogens (tertiary/aromatic N) is 2. The van der Waals surface area contributed by atoms with Gasteiger partial charge in [0, 0.05) is 11.6 Å². The highest BCUT2D eigenvalue weighted by Gasteiger charge is 2.21. The van der Waals surface area contributed by atoms with Crippen molar-refractivity contribution in [3.63, 3.8) is 0 Å². The maximum atomic E-state index is 5.73. The number of hydrogen-bond donors (Lipinski definition) is 0. The average molecular weight is 199 g/mol. The van der Waals surface area contributed by atoms with Crippen LogP contribution >= 0.6 is 11.6 Å². The Kier molecular flexibility index (Phi) is 3.26. The summed E-state index contributed by atoms with van der Waals surface area (Å²) in [7, 11) is 0. The van der Waals surface area contributed by atoms with E-state index < -0.39 is 0 Å². The standard InChI is InChI=1S/C10H15ClN2/c1-4-6-10(2,3)8-5-7-12-9(11)13-8/h5,7H,4,6H2,1-3H3. The molecule has 1 aromatic heterocycles. The molecule has 0 saturated carbocycles. The van der Waals surface area contributed by atoms with Crippen LogP contribution in [0.15, 0.2) is 12.3 Å². The van der Waals surface area contributed by atoms with Crippen molar-refractivity contribution in [2.75, 3.05) is 0 Å². The maximum absolute atomic E-state index is 5.73. The fraction of sp³-hybridized carbons (Fsp3) is 0.600. The predicted molar refractivity (Wildman–Crippen MR) is 55.0 cm³/mol. The SMILES string of the molecule is CCCC(C)(C)c1ccnc(Cl)n1. The van der Waals surface area contributed by atoms with Gasteiger partial charge in [0.05, 0.1) is 5.69 Å². The number of rotatable bonds is 3. The fourth-order valence-electron chi connectivity index (χ4n) is 1.46. The number of aromatic nitrogens is 2. The van der Waals surface area contributed by atoms with Crippen LogP contribution in [0.1, 0.15) is 39.3 Å². The molecule has 0 fully saturated rings. The van der Waals surface area contributed by atoms with Crippen LogP contribution in [0.25, 0.3) is 0 Å². The highest BCUT2D eigenvalue weighted by atomic mass is 35.5. The van der Waals surface area contributed by atoms with Crippen molar-refractivity contribution in [2.45, 2.75) is 39.0 Å². The maximum Gasteiger partial charge on any atom is 0.222 e. The fourth-order valence-corrected chi connectivity index (χ4v) is 1.61. The molecular weight excluding hydrogens is 184 g/mol. The molecule has 3 heteroatoms. The number of hydrogen-bond acceptors (Lipinski definition) is 2. The van der Waals surface area contributed by atoms with Crippen molar-refractivity contribution >= 4 is 11.6 Å². The van der Waals surface area contributed by atoms with Crippen LogP contribution in [0.3, 0.4) is 0 Å². The molecule has 0 aliphatic carbocycles. The van der Waals surface area contributed by atoms with E-state index in [0.717, 1.165) is 18.5 Å². The van der Waals surface area contributed by atoms with Crippen LogP contribution in [0, 0.1) is 0 Å². The lowest BCUT2D eigenvalue weighted by Crippen LogP contribution is -2.18. The second kappa shape index (κ2) is 4.05. The first-order valence-electron chi connectivity index (χ1n) is 4.55. The molecule has 0 aromatic carbocycles. The Morgan fingerprint density at radius 3 is 2.69 bits per heavy atom. The minimum Gasteiger partial charge on any atom is -0.227 e. The largest absolute Gasteiger partial charge is 0.227 e. The van der Waals surface area contributed by atoms with E-state index in [1.807, 2.05) is 6.07 Å². The molecule has 1 rings (SSSR count). The summed E-state index contributed by atoms with van der Waals surface area (Å²) in [4.78, 5) is 8.09. The first-order valence-corrected chi connectivity index (χ1v) is 4.93. The normalized spacial score (nSPS) is 11.7. The molecule has 1 aromatic rings. The highest BCUT2D eigenvalue weighted by molar-refractivity contribution is 6.28. The molecule has 0 aliphatic heterocycles. The van der Waals surface area contributed by atoms with Gasteiger partial charge in [-0.1, -0.05) is 27.2 Å². The zero-order valence-electron chi connectivity index (χ0n) is 8.34. The van der Waals surface area contributed by atoms with Gasteiger partial charge in [-0.2, -0.15) is 0 Å². The lowest BCUT2D eigenvalue weighted by Gasteiger charge is -2.22. The van der Waals surface area contributed by atoms with Gasteiger partial charge in [0.1, 0.15) is 0 Å². The second-order valence-electron chi connectivity index (χ2n) is 3.84. The van der Waals surface area contributed by atoms with Gasteiger partial charge in [0.2, 0.25) is 5.28 Å². The Bertz CT molecular complexity index is 284. The first kappa shape index (κ1) is 10.5. The van der Waals surface area contributed by atoms with E-state index in [1.165, 1.54) is 0 Å². The molecule has 13 heavy (non-hydrogen) atoms. The van der Waals surface area contributed by atoms with E-state index in [-0.39, 0.29) is 5.41 Å². The van der Waals surface area contributed by atoms with Gasteiger partial charge in [-0.3, -0.25) is 0 Å². The summed E-state index contributed by atoms with van der Waals surface area (Å²) < 4.78 is 0. The van der Waals surface area contributed by atoms with Gasteiger partial charge in [-0.15, -0.1) is 0 Å². The highest BCUT2D eigenvalue weighted by Crippen LogP contribution is 2.26. The van der Waals surface area contributed by atoms with Crippen molar-refractivity contribution in [1.82, 2.24) is 9.97 Å². The first-order chi connectivity index (χ1) is 6.06. The van der Waals surface area contributed by atoms with Crippen LogP contribution in [0.4, 0.5) is 0 Å². The van der Waals surface area contributed by atoms with Gasteiger partial charge >= 0.3 is 0 Å². The molecule has 0 bridgehead atoms. The second-order valence-corrected chi connectivity index (χ2v) is 4.18. The predicted octanol–water partition coefficient (Wildman–Crippen LogP) is 3.21. The van der Waals surface area contributed by atoms with Crippen molar-refractivity contribution < 1.29 is 0 Å². The monoisotopic (exact) mass is 198 g/mol. The third-order valence-corrected chi connectivity index (χ3v) is 2.38. The minimum atomic E-state index is 0.0985. The molecule has 0 saturated heterocycles. The summed E-state index contributed by atoms with van der Waals surface area (Å²) in [6.45, 7) is 6.52. The summed E-state index contributed by atoms with van der Waals surface area (Å²) >= 11 is 5.73. The van der Waals surface area contributed by atoms with Crippen LogP contribution in [-0.4, -0.2) is 9.97 Å². The van der Waals surface area contributed by atoms with E-state index in [2.05, 4.69) is 30.7 Å². The summed E-state index contributed by atoms with van der Waals surface area (Å²) in [5.41, 5.74) is 1.12. The Balaban J connectivity index is 2.93. The topological polar surface area (TPSA) is 25.8 Å². The lowest BCUT2D eigenvalue weighted by atomic mass is 9.84. The molecule has 72 valence electrons. The Morgan fingerprint density at radius 2 is 2.15 bits per heavy atom. The summed E-state index contributed by atoms with van der Waals surface area (Å²) in [5, 5.41) is 0.335. The summed E-state index contributed by atoms with van der Waals surface area (Å²) in [6.07, 6.45) is 3.97. The molecule has 1 heterocycles. The third-order valence-electron chi connectivity index (χ3n) is 2.19. The van der Waals surface area contributed by atoms with Gasteiger partial charge in [-0.05, 0) is 24.1 Å². The van der Waals surface area contributed by atoms with Crippen LogP contribution < -0.4 is 0 Å². The van der Waals surface area contributed by atoms with E-state index in [4.69, 9.17) is 11.6 Å². The van der Waals surface area contributed by atoms with Crippen molar-refractivity contribution in [2.24, 2.45) is 0 Å². The molecule has 0 N–H and O–H groups in total. The van der Waals surface area contributed by atoms with Gasteiger partial charge < -0.3 is 0 Å². The summed E-state index contributed by atoms with van der Waals surface area (Å²) in [5.74, 6) is 0. The lowest BCUT2D eigenvalue weighted by molar-refractivity contribution is 0.458. The quantitative estimate of drug-likeness (QED) is 0.698. The van der Waals surface area contributed by atoms with E-state index >= 15 is 0 Å². The van der Waals surface area contributed by atoms with E-state index in [9.17, 15) is 0 Å². The Morgan fingerprint density at radius 1 is 1.46 bits per heavy atom. The van der Waals surface area contributed by atoms with Crippen molar-refractivity contribution in [3.8, 4) is 0 Å². The Hall–Kier alpha value is -0.630. The zero-order valence-corrected chi connectivity index (χ0v) is 9.10. The molecule has 2 nitrogen and oxygen atoms in total. The zero-order chi connectivity index (χ0) is 9.90. The van der Waals surface area contributed by atoms with Gasteiger partial charge in [0.15, 0.2) is 0 Å². The molecular formula is C10H15ClN2. The molecule has 0 amide bonds. The van der Waals surface area contributed by atoms with E-state index in [1.54, 1.807) is 6.20 Å². The van der Waals surface area contributed by atoms with Crippen molar-refractivity contribution in [3.05, 3.63) is 23.2 Å². The summed E-state index contributed by atoms with van der Waals surface area (Å²) in [6, 6.07) is 1.93. The van der Waals surface area contributed by atoms with Crippen LogP contribution in [0.5, 0.6) is 0 Å². The van der Waals surface area contributed by atoms with Gasteiger partial charge in [0.25, 0.3) is 0 Å². The smallest absolute Gasteiger partial charge is 0.222 e. The van der Waals surface area contributed by atoms with Crippen LogP contribution in [0.2, 0.25) is 5.28 Å². The molecule has 0 atom stereocenters. The Labute approximate surface area is 84.4 Å². The molecule has 0 unspecified atom stereocenters. The van der Waals surface area contributed by atoms with Crippen molar-refractivity contribution in [1.29, 1.82) is 0 Å². The molecule has 0 aliphatic rings. The van der Waals surface area contributed by atoms with Crippen LogP contribution in [-0.2, 0) is 5.41 Å². The van der Waals surface area contributed by atoms with E-state index in [0.29, 0.717) is 5.28 Å². The third kappa shape index (κ3) is 2.66. The average Bonchev–Trinajstić information content (AvgIpc) is 2.04. The molecule has 0 spiro atoms. The van der Waals surface area contributed by atoms with Gasteiger partial charge in [-0.25, -0.2) is 9.97 Å². The number of halogens is 1. The molecule has 0 radical (unpaired) electrons. The minimum absolute atomic E-state index is 0.0985.